The maximum atomic E-state index is 12.3. The van der Waals surface area contributed by atoms with Crippen molar-refractivity contribution >= 4 is 46.4 Å². The highest BCUT2D eigenvalue weighted by atomic mass is 35.5. The number of hydrogen-bond acceptors (Lipinski definition) is 3. The van der Waals surface area contributed by atoms with Crippen LogP contribution in [0.4, 0.5) is 11.4 Å². The molecule has 0 heterocycles. The van der Waals surface area contributed by atoms with Gasteiger partial charge in [0.2, 0.25) is 11.8 Å². The monoisotopic (exact) mass is 330 g/mol. The number of hydrogen-bond donors (Lipinski definition) is 2. The molecule has 0 bridgehead atoms. The lowest BCUT2D eigenvalue weighted by atomic mass is 10.1. The second-order valence-electron chi connectivity index (χ2n) is 5.26. The molecule has 1 aromatic rings. The van der Waals surface area contributed by atoms with Crippen LogP contribution in [0.25, 0.3) is 0 Å². The zero-order chi connectivity index (χ0) is 15.8. The quantitative estimate of drug-likeness (QED) is 0.833. The van der Waals surface area contributed by atoms with Gasteiger partial charge in [-0.1, -0.05) is 0 Å². The van der Waals surface area contributed by atoms with E-state index in [0.29, 0.717) is 23.5 Å². The number of methoxy groups -OCH3 is 1. The van der Waals surface area contributed by atoms with E-state index in [4.69, 9.17) is 27.9 Å². The molecule has 0 aromatic heterocycles. The smallest absolute Gasteiger partial charge is 0.233 e. The molecule has 1 saturated carbocycles. The first-order chi connectivity index (χ1) is 9.69. The van der Waals surface area contributed by atoms with Crippen molar-refractivity contribution in [3.8, 4) is 5.75 Å². The molecule has 114 valence electrons. The Balaban J connectivity index is 2.25. The van der Waals surface area contributed by atoms with E-state index < -0.39 is 9.75 Å². The fourth-order valence-electron chi connectivity index (χ4n) is 1.96. The lowest BCUT2D eigenvalue weighted by molar-refractivity contribution is -0.120. The Morgan fingerprint density at radius 2 is 1.86 bits per heavy atom. The van der Waals surface area contributed by atoms with Crippen LogP contribution >= 0.6 is 23.2 Å². The zero-order valence-electron chi connectivity index (χ0n) is 11.9. The summed E-state index contributed by atoms with van der Waals surface area (Å²) in [6.45, 7) is 3.08. The molecule has 0 radical (unpaired) electrons. The van der Waals surface area contributed by atoms with Crippen molar-refractivity contribution in [2.75, 3.05) is 17.7 Å². The maximum absolute atomic E-state index is 12.3. The van der Waals surface area contributed by atoms with Crippen LogP contribution in [0.5, 0.6) is 5.75 Å². The van der Waals surface area contributed by atoms with E-state index in [-0.39, 0.29) is 11.8 Å². The van der Waals surface area contributed by atoms with Gasteiger partial charge in [-0.25, -0.2) is 0 Å². The SMILES string of the molecule is COc1ccc(NC(C)=O)c(NC(=O)[C@@]2(C)CC2(Cl)Cl)c1. The average Bonchev–Trinajstić information content (AvgIpc) is 2.91. The van der Waals surface area contributed by atoms with Gasteiger partial charge in [0.05, 0.1) is 23.9 Å². The van der Waals surface area contributed by atoms with Crippen molar-refractivity contribution in [2.24, 2.45) is 5.41 Å². The summed E-state index contributed by atoms with van der Waals surface area (Å²) < 4.78 is 4.07. The Morgan fingerprint density at radius 1 is 1.24 bits per heavy atom. The van der Waals surface area contributed by atoms with Crippen LogP contribution in [0.3, 0.4) is 0 Å². The number of ether oxygens (including phenoxy) is 1. The molecular formula is C14H16Cl2N2O3. The lowest BCUT2D eigenvalue weighted by Gasteiger charge is -2.16. The van der Waals surface area contributed by atoms with E-state index in [1.54, 1.807) is 25.1 Å². The van der Waals surface area contributed by atoms with Gasteiger partial charge in [-0.15, -0.1) is 23.2 Å². The van der Waals surface area contributed by atoms with Gasteiger partial charge >= 0.3 is 0 Å². The highest BCUT2D eigenvalue weighted by molar-refractivity contribution is 6.53. The summed E-state index contributed by atoms with van der Waals surface area (Å²) in [7, 11) is 1.52. The number of alkyl halides is 2. The topological polar surface area (TPSA) is 67.4 Å². The summed E-state index contributed by atoms with van der Waals surface area (Å²) in [4.78, 5) is 23.5. The Morgan fingerprint density at radius 3 is 2.33 bits per heavy atom. The number of benzene rings is 1. The van der Waals surface area contributed by atoms with Gasteiger partial charge in [0.25, 0.3) is 0 Å². The van der Waals surface area contributed by atoms with E-state index in [2.05, 4.69) is 10.6 Å². The highest BCUT2D eigenvalue weighted by Crippen LogP contribution is 2.64. The van der Waals surface area contributed by atoms with Crippen LogP contribution in [0.15, 0.2) is 18.2 Å². The van der Waals surface area contributed by atoms with E-state index >= 15 is 0 Å². The van der Waals surface area contributed by atoms with Crippen molar-refractivity contribution in [2.45, 2.75) is 24.6 Å². The number of anilines is 2. The van der Waals surface area contributed by atoms with E-state index in [1.165, 1.54) is 14.0 Å². The molecule has 1 aliphatic carbocycles. The molecule has 0 spiro atoms. The van der Waals surface area contributed by atoms with Crippen LogP contribution in [0.2, 0.25) is 0 Å². The first-order valence-electron chi connectivity index (χ1n) is 6.34. The Hall–Kier alpha value is -1.46. The second kappa shape index (κ2) is 5.39. The number of nitrogens with one attached hydrogen (secondary N) is 2. The van der Waals surface area contributed by atoms with Crippen LogP contribution in [0, 0.1) is 5.41 Å². The second-order valence-corrected chi connectivity index (χ2v) is 6.74. The Bertz CT molecular complexity index is 604. The summed E-state index contributed by atoms with van der Waals surface area (Å²) >= 11 is 12.0. The third-order valence-corrected chi connectivity index (χ3v) is 4.65. The summed E-state index contributed by atoms with van der Waals surface area (Å²) in [6, 6.07) is 4.96. The Labute approximate surface area is 132 Å². The molecule has 2 N–H and O–H groups in total. The Kier molecular flexibility index (Phi) is 4.08. The predicted molar refractivity (Wildman–Crippen MR) is 83.1 cm³/mol. The standard InChI is InChI=1S/C14H16Cl2N2O3/c1-8(19)17-10-5-4-9(21-3)6-11(10)18-12(20)13(2)7-14(13,15)16/h4-6H,7H2,1-3H3,(H,17,19)(H,18,20)/t13-/m1/s1. The molecule has 7 heteroatoms. The van der Waals surface area contributed by atoms with Gasteiger partial charge in [-0.2, -0.15) is 0 Å². The lowest BCUT2D eigenvalue weighted by Crippen LogP contribution is -2.26. The fourth-order valence-corrected chi connectivity index (χ4v) is 2.67. The molecule has 0 saturated heterocycles. The number of amides is 2. The van der Waals surface area contributed by atoms with Gasteiger partial charge in [0.15, 0.2) is 0 Å². The molecule has 5 nitrogen and oxygen atoms in total. The number of rotatable bonds is 4. The summed E-state index contributed by atoms with van der Waals surface area (Å²) in [6.07, 6.45) is 0.383. The first kappa shape index (κ1) is 15.9. The molecule has 0 aliphatic heterocycles. The average molecular weight is 331 g/mol. The number of halogens is 2. The predicted octanol–water partition coefficient (Wildman–Crippen LogP) is 3.18. The molecule has 1 fully saturated rings. The minimum atomic E-state index is -1.05. The summed E-state index contributed by atoms with van der Waals surface area (Å²) in [5.41, 5.74) is 0.0783. The van der Waals surface area contributed by atoms with Crippen LogP contribution in [0.1, 0.15) is 20.3 Å². The van der Waals surface area contributed by atoms with E-state index in [9.17, 15) is 9.59 Å². The zero-order valence-corrected chi connectivity index (χ0v) is 13.4. The minimum absolute atomic E-state index is 0.239. The molecule has 0 unspecified atom stereocenters. The van der Waals surface area contributed by atoms with Crippen molar-refractivity contribution in [3.63, 3.8) is 0 Å². The van der Waals surface area contributed by atoms with Crippen molar-refractivity contribution in [1.29, 1.82) is 0 Å². The van der Waals surface area contributed by atoms with Crippen molar-refractivity contribution < 1.29 is 14.3 Å². The van der Waals surface area contributed by atoms with Gasteiger partial charge in [-0.05, 0) is 25.5 Å². The fraction of sp³-hybridized carbons (Fsp3) is 0.429. The van der Waals surface area contributed by atoms with Gasteiger partial charge in [-0.3, -0.25) is 9.59 Å². The maximum Gasteiger partial charge on any atom is 0.233 e. The molecule has 21 heavy (non-hydrogen) atoms. The van der Waals surface area contributed by atoms with Crippen LogP contribution in [-0.4, -0.2) is 23.3 Å². The highest BCUT2D eigenvalue weighted by Gasteiger charge is 2.67. The van der Waals surface area contributed by atoms with Gasteiger partial charge in [0.1, 0.15) is 10.1 Å². The van der Waals surface area contributed by atoms with E-state index in [1.807, 2.05) is 0 Å². The van der Waals surface area contributed by atoms with Crippen LogP contribution < -0.4 is 15.4 Å². The summed E-state index contributed by atoms with van der Waals surface area (Å²) in [5, 5.41) is 5.39. The molecule has 2 amide bonds. The minimum Gasteiger partial charge on any atom is -0.497 e. The summed E-state index contributed by atoms with van der Waals surface area (Å²) in [5.74, 6) is 0.0213. The molecule has 2 rings (SSSR count). The van der Waals surface area contributed by atoms with E-state index in [0.717, 1.165) is 0 Å². The normalized spacial score (nSPS) is 22.3. The third kappa shape index (κ3) is 3.09. The number of carbonyl (C=O) groups is 2. The number of carbonyl (C=O) groups excluding carboxylic acids is 2. The molecule has 1 atom stereocenters. The molecule has 1 aromatic carbocycles. The third-order valence-electron chi connectivity index (χ3n) is 3.54. The largest absolute Gasteiger partial charge is 0.497 e. The van der Waals surface area contributed by atoms with Crippen molar-refractivity contribution in [1.82, 2.24) is 0 Å². The first-order valence-corrected chi connectivity index (χ1v) is 7.10. The van der Waals surface area contributed by atoms with Crippen molar-refractivity contribution in [3.05, 3.63) is 18.2 Å². The van der Waals surface area contributed by atoms with Crippen LogP contribution in [-0.2, 0) is 9.59 Å². The molecule has 1 aliphatic rings. The molecular weight excluding hydrogens is 315 g/mol. The van der Waals surface area contributed by atoms with Gasteiger partial charge in [0, 0.05) is 13.0 Å². The van der Waals surface area contributed by atoms with Gasteiger partial charge < -0.3 is 15.4 Å².